The van der Waals surface area contributed by atoms with Gasteiger partial charge in [-0.1, -0.05) is 13.8 Å². The molecule has 0 aromatic heterocycles. The molecule has 4 nitrogen and oxygen atoms in total. The van der Waals surface area contributed by atoms with Gasteiger partial charge in [0, 0.05) is 12.6 Å². The van der Waals surface area contributed by atoms with Crippen molar-refractivity contribution >= 4 is 5.91 Å². The van der Waals surface area contributed by atoms with Crippen molar-refractivity contribution in [3.05, 3.63) is 0 Å². The van der Waals surface area contributed by atoms with Crippen LogP contribution in [0.15, 0.2) is 0 Å². The summed E-state index contributed by atoms with van der Waals surface area (Å²) in [6.45, 7) is 6.93. The predicted molar refractivity (Wildman–Crippen MR) is 64.1 cm³/mol. The van der Waals surface area contributed by atoms with Gasteiger partial charge in [0.15, 0.2) is 0 Å². The smallest absolute Gasteiger partial charge is 0.237 e. The van der Waals surface area contributed by atoms with Crippen LogP contribution in [0.4, 0.5) is 0 Å². The first-order chi connectivity index (χ1) is 7.49. The number of aliphatic hydroxyl groups excluding tert-OH is 1. The normalized spacial score (nSPS) is 27.1. The first kappa shape index (κ1) is 13.5. The van der Waals surface area contributed by atoms with Crippen LogP contribution >= 0.6 is 0 Å². The molecule has 1 fully saturated rings. The Labute approximate surface area is 97.8 Å². The first-order valence-corrected chi connectivity index (χ1v) is 6.21. The maximum absolute atomic E-state index is 11.8. The molecule has 1 heterocycles. The van der Waals surface area contributed by atoms with E-state index in [1.54, 1.807) is 0 Å². The topological polar surface area (TPSA) is 61.4 Å². The predicted octanol–water partition coefficient (Wildman–Crippen LogP) is 0.650. The van der Waals surface area contributed by atoms with Gasteiger partial charge in [-0.3, -0.25) is 4.79 Å². The molecule has 0 bridgehead atoms. The summed E-state index contributed by atoms with van der Waals surface area (Å²) in [6, 6.07) is 0.00550. The lowest BCUT2D eigenvalue weighted by Crippen LogP contribution is -2.44. The Bertz CT molecular complexity index is 231. The average Bonchev–Trinajstić information content (AvgIpc) is 2.62. The monoisotopic (exact) mass is 228 g/mol. The SMILES string of the molecule is CC(C)CCC(C)NC(=O)C1CC(O)CN1. The molecule has 94 valence electrons. The van der Waals surface area contributed by atoms with E-state index in [2.05, 4.69) is 24.5 Å². The lowest BCUT2D eigenvalue weighted by atomic mass is 10.0. The maximum atomic E-state index is 11.8. The second-order valence-corrected chi connectivity index (χ2v) is 5.23. The highest BCUT2D eigenvalue weighted by atomic mass is 16.3. The van der Waals surface area contributed by atoms with Crippen molar-refractivity contribution in [3.63, 3.8) is 0 Å². The van der Waals surface area contributed by atoms with Crippen molar-refractivity contribution in [2.24, 2.45) is 5.92 Å². The van der Waals surface area contributed by atoms with E-state index in [0.717, 1.165) is 12.8 Å². The highest BCUT2D eigenvalue weighted by Crippen LogP contribution is 2.09. The van der Waals surface area contributed by atoms with Crippen molar-refractivity contribution in [2.75, 3.05) is 6.54 Å². The minimum absolute atomic E-state index is 0.0211. The van der Waals surface area contributed by atoms with Crippen molar-refractivity contribution in [1.29, 1.82) is 0 Å². The Kier molecular flexibility index (Phi) is 5.22. The highest BCUT2D eigenvalue weighted by Gasteiger charge is 2.28. The van der Waals surface area contributed by atoms with Gasteiger partial charge < -0.3 is 15.7 Å². The Morgan fingerprint density at radius 3 is 2.62 bits per heavy atom. The standard InChI is InChI=1S/C12H24N2O2/c1-8(2)4-5-9(3)14-12(16)11-6-10(15)7-13-11/h8-11,13,15H,4-7H2,1-3H3,(H,14,16). The molecule has 0 spiro atoms. The van der Waals surface area contributed by atoms with Crippen LogP contribution in [-0.2, 0) is 4.79 Å². The zero-order chi connectivity index (χ0) is 12.1. The molecule has 16 heavy (non-hydrogen) atoms. The van der Waals surface area contributed by atoms with Crippen LogP contribution in [0.5, 0.6) is 0 Å². The summed E-state index contributed by atoms with van der Waals surface area (Å²) >= 11 is 0. The van der Waals surface area contributed by atoms with Crippen LogP contribution in [0, 0.1) is 5.92 Å². The first-order valence-electron chi connectivity index (χ1n) is 6.21. The molecule has 3 atom stereocenters. The van der Waals surface area contributed by atoms with Crippen molar-refractivity contribution < 1.29 is 9.90 Å². The highest BCUT2D eigenvalue weighted by molar-refractivity contribution is 5.82. The fourth-order valence-electron chi connectivity index (χ4n) is 1.92. The Balaban J connectivity index is 2.23. The lowest BCUT2D eigenvalue weighted by molar-refractivity contribution is -0.123. The number of aliphatic hydroxyl groups is 1. The Morgan fingerprint density at radius 1 is 1.44 bits per heavy atom. The van der Waals surface area contributed by atoms with Crippen LogP contribution in [0.3, 0.4) is 0 Å². The molecule has 0 saturated carbocycles. The largest absolute Gasteiger partial charge is 0.392 e. The second-order valence-electron chi connectivity index (χ2n) is 5.23. The van der Waals surface area contributed by atoms with Crippen LogP contribution in [-0.4, -0.2) is 35.7 Å². The van der Waals surface area contributed by atoms with Gasteiger partial charge in [-0.15, -0.1) is 0 Å². The van der Waals surface area contributed by atoms with Gasteiger partial charge in [-0.05, 0) is 32.1 Å². The van der Waals surface area contributed by atoms with E-state index in [0.29, 0.717) is 18.9 Å². The third-order valence-electron chi connectivity index (χ3n) is 2.99. The third-order valence-corrected chi connectivity index (χ3v) is 2.99. The molecule has 1 aliphatic heterocycles. The molecular weight excluding hydrogens is 204 g/mol. The number of rotatable bonds is 5. The van der Waals surface area contributed by atoms with Gasteiger partial charge in [-0.2, -0.15) is 0 Å². The van der Waals surface area contributed by atoms with Gasteiger partial charge >= 0.3 is 0 Å². The fraction of sp³-hybridized carbons (Fsp3) is 0.917. The number of amides is 1. The summed E-state index contributed by atoms with van der Waals surface area (Å²) in [5.41, 5.74) is 0. The summed E-state index contributed by atoms with van der Waals surface area (Å²) < 4.78 is 0. The van der Waals surface area contributed by atoms with E-state index in [9.17, 15) is 9.90 Å². The molecule has 1 amide bonds. The van der Waals surface area contributed by atoms with Crippen LogP contribution in [0.2, 0.25) is 0 Å². The number of carbonyl (C=O) groups excluding carboxylic acids is 1. The minimum Gasteiger partial charge on any atom is -0.392 e. The van der Waals surface area contributed by atoms with E-state index in [4.69, 9.17) is 0 Å². The fourth-order valence-corrected chi connectivity index (χ4v) is 1.92. The number of hydrogen-bond acceptors (Lipinski definition) is 3. The van der Waals surface area contributed by atoms with E-state index >= 15 is 0 Å². The second kappa shape index (κ2) is 6.21. The third kappa shape index (κ3) is 4.49. The molecule has 0 radical (unpaired) electrons. The summed E-state index contributed by atoms with van der Waals surface area (Å²) in [5, 5.41) is 15.3. The molecule has 0 aliphatic carbocycles. The zero-order valence-electron chi connectivity index (χ0n) is 10.5. The van der Waals surface area contributed by atoms with E-state index in [1.165, 1.54) is 0 Å². The van der Waals surface area contributed by atoms with Gasteiger partial charge in [-0.25, -0.2) is 0 Å². The molecule has 3 N–H and O–H groups in total. The molecule has 0 aromatic carbocycles. The van der Waals surface area contributed by atoms with Crippen molar-refractivity contribution in [1.82, 2.24) is 10.6 Å². The van der Waals surface area contributed by atoms with Crippen LogP contribution < -0.4 is 10.6 Å². The lowest BCUT2D eigenvalue weighted by Gasteiger charge is -2.17. The van der Waals surface area contributed by atoms with Crippen molar-refractivity contribution in [3.8, 4) is 0 Å². The van der Waals surface area contributed by atoms with Crippen LogP contribution in [0.1, 0.15) is 40.0 Å². The van der Waals surface area contributed by atoms with Crippen molar-refractivity contribution in [2.45, 2.75) is 58.2 Å². The summed E-state index contributed by atoms with van der Waals surface area (Å²) in [5.74, 6) is 0.693. The zero-order valence-corrected chi connectivity index (χ0v) is 10.5. The molecule has 3 unspecified atom stereocenters. The summed E-state index contributed by atoms with van der Waals surface area (Å²) in [6.07, 6.45) is 2.30. The maximum Gasteiger partial charge on any atom is 0.237 e. The van der Waals surface area contributed by atoms with E-state index in [1.807, 2.05) is 6.92 Å². The Morgan fingerprint density at radius 2 is 2.12 bits per heavy atom. The quantitative estimate of drug-likeness (QED) is 0.647. The minimum atomic E-state index is -0.373. The van der Waals surface area contributed by atoms with Gasteiger partial charge in [0.05, 0.1) is 12.1 Å². The number of hydrogen-bond donors (Lipinski definition) is 3. The molecule has 0 aromatic rings. The number of β-amino-alcohol motifs (C(OH)–C–C–N with tert-alkyl or cyclic N) is 1. The number of nitrogens with one attached hydrogen (secondary N) is 2. The van der Waals surface area contributed by atoms with E-state index < -0.39 is 0 Å². The van der Waals surface area contributed by atoms with Gasteiger partial charge in [0.2, 0.25) is 5.91 Å². The summed E-state index contributed by atoms with van der Waals surface area (Å²) in [4.78, 5) is 11.8. The molecular formula is C12H24N2O2. The van der Waals surface area contributed by atoms with Gasteiger partial charge in [0.1, 0.15) is 0 Å². The van der Waals surface area contributed by atoms with E-state index in [-0.39, 0.29) is 24.1 Å². The summed E-state index contributed by atoms with van der Waals surface area (Å²) in [7, 11) is 0. The van der Waals surface area contributed by atoms with Crippen LogP contribution in [0.25, 0.3) is 0 Å². The Hall–Kier alpha value is -0.610. The molecule has 4 heteroatoms. The van der Waals surface area contributed by atoms with Gasteiger partial charge in [0.25, 0.3) is 0 Å². The average molecular weight is 228 g/mol. The molecule has 1 rings (SSSR count). The molecule has 1 aliphatic rings. The molecule has 1 saturated heterocycles. The number of carbonyl (C=O) groups is 1.